The first kappa shape index (κ1) is 13.9. The highest BCUT2D eigenvalue weighted by Gasteiger charge is 2.05. The van der Waals surface area contributed by atoms with E-state index >= 15 is 0 Å². The molecule has 0 spiro atoms. The quantitative estimate of drug-likeness (QED) is 0.611. The maximum atomic E-state index is 11.5. The molecule has 2 rings (SSSR count). The number of aromatic nitrogens is 2. The number of hydrogen-bond donors (Lipinski definition) is 1. The highest BCUT2D eigenvalue weighted by atomic mass is 16.5. The predicted octanol–water partition coefficient (Wildman–Crippen LogP) is 1.48. The van der Waals surface area contributed by atoms with E-state index in [1.807, 2.05) is 30.3 Å². The van der Waals surface area contributed by atoms with Gasteiger partial charge in [-0.2, -0.15) is 5.10 Å². The summed E-state index contributed by atoms with van der Waals surface area (Å²) in [7, 11) is 0. The summed E-state index contributed by atoms with van der Waals surface area (Å²) >= 11 is 0. The first-order valence-electron chi connectivity index (χ1n) is 6.36. The van der Waals surface area contributed by atoms with Crippen molar-refractivity contribution in [2.45, 2.75) is 13.0 Å². The van der Waals surface area contributed by atoms with Gasteiger partial charge in [-0.1, -0.05) is 18.2 Å². The van der Waals surface area contributed by atoms with Crippen molar-refractivity contribution >= 4 is 11.8 Å². The number of carbonyl (C=O) groups is 1. The van der Waals surface area contributed by atoms with Gasteiger partial charge in [0.25, 0.3) is 0 Å². The average molecular weight is 275 g/mol. The Balaban J connectivity index is 1.58. The van der Waals surface area contributed by atoms with Gasteiger partial charge < -0.3 is 15.2 Å². The highest BCUT2D eigenvalue weighted by Crippen LogP contribution is 2.08. The van der Waals surface area contributed by atoms with Gasteiger partial charge >= 0.3 is 5.97 Å². The molecule has 0 saturated heterocycles. The van der Waals surface area contributed by atoms with E-state index in [1.165, 1.54) is 4.68 Å². The Morgan fingerprint density at radius 2 is 2.00 bits per heavy atom. The van der Waals surface area contributed by atoms with Crippen LogP contribution in [0.25, 0.3) is 0 Å². The smallest absolute Gasteiger partial charge is 0.327 e. The van der Waals surface area contributed by atoms with Crippen LogP contribution in [0.5, 0.6) is 5.75 Å². The van der Waals surface area contributed by atoms with E-state index in [0.717, 1.165) is 5.75 Å². The van der Waals surface area contributed by atoms with E-state index < -0.39 is 0 Å². The molecule has 0 atom stereocenters. The number of nitrogen functional groups attached to an aromatic ring is 1. The van der Waals surface area contributed by atoms with Gasteiger partial charge in [0, 0.05) is 12.6 Å². The molecule has 0 radical (unpaired) electrons. The second kappa shape index (κ2) is 7.18. The van der Waals surface area contributed by atoms with Gasteiger partial charge in [-0.25, -0.2) is 0 Å². The summed E-state index contributed by atoms with van der Waals surface area (Å²) in [5.74, 6) is 0.854. The number of esters is 1. The lowest BCUT2D eigenvalue weighted by Crippen LogP contribution is -2.15. The first-order valence-corrected chi connectivity index (χ1v) is 6.36. The molecule has 0 aliphatic rings. The Labute approximate surface area is 117 Å². The van der Waals surface area contributed by atoms with Gasteiger partial charge in [-0.05, 0) is 18.2 Å². The molecule has 0 aliphatic heterocycles. The fraction of sp³-hybridized carbons (Fsp3) is 0.286. The second-order valence-electron chi connectivity index (χ2n) is 4.17. The zero-order valence-electron chi connectivity index (χ0n) is 11.1. The summed E-state index contributed by atoms with van der Waals surface area (Å²) < 4.78 is 12.0. The molecule has 0 amide bonds. The third kappa shape index (κ3) is 4.64. The number of anilines is 1. The number of rotatable bonds is 7. The fourth-order valence-corrected chi connectivity index (χ4v) is 1.60. The zero-order valence-corrected chi connectivity index (χ0v) is 11.1. The van der Waals surface area contributed by atoms with Gasteiger partial charge in [0.1, 0.15) is 18.1 Å². The third-order valence-corrected chi connectivity index (χ3v) is 2.52. The molecule has 0 bridgehead atoms. The molecule has 106 valence electrons. The standard InChI is InChI=1S/C14H17N3O3/c15-13-7-8-17(16-13)11-14(18)20-10-4-9-19-12-5-2-1-3-6-12/h1-3,5-8H,4,9-11H2,(H2,15,16). The minimum absolute atomic E-state index is 0.0662. The van der Waals surface area contributed by atoms with E-state index in [1.54, 1.807) is 12.3 Å². The molecule has 1 aromatic heterocycles. The van der Waals surface area contributed by atoms with Gasteiger partial charge in [0.05, 0.1) is 13.2 Å². The largest absolute Gasteiger partial charge is 0.493 e. The van der Waals surface area contributed by atoms with Crippen molar-refractivity contribution in [3.05, 3.63) is 42.6 Å². The van der Waals surface area contributed by atoms with E-state index in [4.69, 9.17) is 15.2 Å². The molecular weight excluding hydrogens is 258 g/mol. The lowest BCUT2D eigenvalue weighted by Gasteiger charge is -2.07. The van der Waals surface area contributed by atoms with Crippen LogP contribution in [-0.2, 0) is 16.1 Å². The second-order valence-corrected chi connectivity index (χ2v) is 4.17. The molecule has 0 unspecified atom stereocenters. The molecule has 1 heterocycles. The minimum Gasteiger partial charge on any atom is -0.493 e. The van der Waals surface area contributed by atoms with Crippen LogP contribution in [-0.4, -0.2) is 29.0 Å². The SMILES string of the molecule is Nc1ccn(CC(=O)OCCCOc2ccccc2)n1. The Morgan fingerprint density at radius 1 is 1.20 bits per heavy atom. The zero-order chi connectivity index (χ0) is 14.2. The minimum atomic E-state index is -0.340. The van der Waals surface area contributed by atoms with Crippen LogP contribution >= 0.6 is 0 Å². The number of para-hydroxylation sites is 1. The average Bonchev–Trinajstić information content (AvgIpc) is 2.85. The Hall–Kier alpha value is -2.50. The van der Waals surface area contributed by atoms with E-state index in [0.29, 0.717) is 25.5 Å². The monoisotopic (exact) mass is 275 g/mol. The Morgan fingerprint density at radius 3 is 2.70 bits per heavy atom. The van der Waals surface area contributed by atoms with Crippen molar-refractivity contribution in [2.75, 3.05) is 18.9 Å². The molecule has 20 heavy (non-hydrogen) atoms. The van der Waals surface area contributed by atoms with Gasteiger partial charge in [-0.3, -0.25) is 9.48 Å². The van der Waals surface area contributed by atoms with Crippen LogP contribution in [0.2, 0.25) is 0 Å². The first-order chi connectivity index (χ1) is 9.74. The number of ether oxygens (including phenoxy) is 2. The lowest BCUT2D eigenvalue weighted by atomic mass is 10.3. The molecule has 6 nitrogen and oxygen atoms in total. The van der Waals surface area contributed by atoms with Crippen molar-refractivity contribution in [1.82, 2.24) is 9.78 Å². The third-order valence-electron chi connectivity index (χ3n) is 2.52. The molecule has 2 aromatic rings. The van der Waals surface area contributed by atoms with Crippen LogP contribution in [0, 0.1) is 0 Å². The van der Waals surface area contributed by atoms with Gasteiger partial charge in [0.2, 0.25) is 0 Å². The number of benzene rings is 1. The van der Waals surface area contributed by atoms with E-state index in [2.05, 4.69) is 5.10 Å². The van der Waals surface area contributed by atoms with Gasteiger partial charge in [0.15, 0.2) is 0 Å². The molecule has 0 aliphatic carbocycles. The van der Waals surface area contributed by atoms with E-state index in [-0.39, 0.29) is 12.5 Å². The lowest BCUT2D eigenvalue weighted by molar-refractivity contribution is -0.144. The summed E-state index contributed by atoms with van der Waals surface area (Å²) in [6.07, 6.45) is 2.27. The molecule has 6 heteroatoms. The van der Waals surface area contributed by atoms with Gasteiger partial charge in [-0.15, -0.1) is 0 Å². The maximum absolute atomic E-state index is 11.5. The van der Waals surface area contributed by atoms with Crippen LogP contribution in [0.1, 0.15) is 6.42 Å². The number of carbonyl (C=O) groups excluding carboxylic acids is 1. The van der Waals surface area contributed by atoms with E-state index in [9.17, 15) is 4.79 Å². The van der Waals surface area contributed by atoms with Crippen LogP contribution in [0.3, 0.4) is 0 Å². The summed E-state index contributed by atoms with van der Waals surface area (Å²) in [5.41, 5.74) is 5.45. The van der Waals surface area contributed by atoms with Crippen molar-refractivity contribution in [3.63, 3.8) is 0 Å². The Kier molecular flexibility index (Phi) is 5.00. The number of nitrogens with two attached hydrogens (primary N) is 1. The normalized spacial score (nSPS) is 10.2. The van der Waals surface area contributed by atoms with Crippen LogP contribution in [0.4, 0.5) is 5.82 Å². The van der Waals surface area contributed by atoms with Crippen molar-refractivity contribution in [2.24, 2.45) is 0 Å². The molecule has 0 fully saturated rings. The molecule has 1 aromatic carbocycles. The molecule has 0 saturated carbocycles. The molecular formula is C14H17N3O3. The summed E-state index contributed by atoms with van der Waals surface area (Å²) in [5, 5.41) is 3.90. The predicted molar refractivity (Wildman–Crippen MR) is 74.2 cm³/mol. The summed E-state index contributed by atoms with van der Waals surface area (Å²) in [4.78, 5) is 11.5. The molecule has 2 N–H and O–H groups in total. The topological polar surface area (TPSA) is 79.4 Å². The summed E-state index contributed by atoms with van der Waals surface area (Å²) in [6, 6.07) is 11.1. The summed E-state index contributed by atoms with van der Waals surface area (Å²) in [6.45, 7) is 0.894. The number of hydrogen-bond acceptors (Lipinski definition) is 5. The van der Waals surface area contributed by atoms with Crippen LogP contribution < -0.4 is 10.5 Å². The highest BCUT2D eigenvalue weighted by molar-refractivity contribution is 5.69. The van der Waals surface area contributed by atoms with Crippen molar-refractivity contribution in [3.8, 4) is 5.75 Å². The fourth-order valence-electron chi connectivity index (χ4n) is 1.60. The van der Waals surface area contributed by atoms with Crippen molar-refractivity contribution < 1.29 is 14.3 Å². The Bertz CT molecular complexity index is 540. The maximum Gasteiger partial charge on any atom is 0.327 e. The van der Waals surface area contributed by atoms with Crippen LogP contribution in [0.15, 0.2) is 42.6 Å². The number of nitrogens with zero attached hydrogens (tertiary/aromatic N) is 2. The van der Waals surface area contributed by atoms with Crippen molar-refractivity contribution in [1.29, 1.82) is 0 Å².